The number of pyridine rings is 1. The van der Waals surface area contributed by atoms with Crippen molar-refractivity contribution in [3.8, 4) is 6.07 Å². The molecule has 0 bridgehead atoms. The van der Waals surface area contributed by atoms with Gasteiger partial charge in [0.2, 0.25) is 5.95 Å². The molecule has 2 aromatic heterocycles. The first-order chi connectivity index (χ1) is 13.1. The van der Waals surface area contributed by atoms with Gasteiger partial charge in [-0.25, -0.2) is 4.39 Å². The molecule has 1 aliphatic carbocycles. The zero-order valence-corrected chi connectivity index (χ0v) is 14.6. The minimum atomic E-state index is -0.535. The average Bonchev–Trinajstić information content (AvgIpc) is 3.09. The number of nitrogens with one attached hydrogen (secondary N) is 2. The van der Waals surface area contributed by atoms with Crippen molar-refractivity contribution >= 4 is 23.1 Å². The summed E-state index contributed by atoms with van der Waals surface area (Å²) in [6, 6.07) is 12.0. The van der Waals surface area contributed by atoms with E-state index in [0.717, 1.165) is 31.5 Å². The second-order valence-electron chi connectivity index (χ2n) is 6.70. The standard InChI is InChI=1S/C19H19FN6O/c20-15-10-12(11-21)4-9-16(15)23-19-24-18-3-1-2-17(26(18)25-19)22-13-5-7-14(27)8-6-13/h1-4,9-10,13-14,22,27H,5-8H2,(H,23,25). The van der Waals surface area contributed by atoms with E-state index in [0.29, 0.717) is 5.65 Å². The summed E-state index contributed by atoms with van der Waals surface area (Å²) in [5.41, 5.74) is 1.10. The second-order valence-corrected chi connectivity index (χ2v) is 6.70. The molecule has 2 heterocycles. The largest absolute Gasteiger partial charge is 0.393 e. The summed E-state index contributed by atoms with van der Waals surface area (Å²) in [4.78, 5) is 4.39. The van der Waals surface area contributed by atoms with Gasteiger partial charge in [-0.3, -0.25) is 0 Å². The highest BCUT2D eigenvalue weighted by Crippen LogP contribution is 2.24. The lowest BCUT2D eigenvalue weighted by Gasteiger charge is -2.26. The summed E-state index contributed by atoms with van der Waals surface area (Å²) in [6.07, 6.45) is 3.16. The van der Waals surface area contributed by atoms with Gasteiger partial charge < -0.3 is 15.7 Å². The highest BCUT2D eigenvalue weighted by atomic mass is 19.1. The maximum absolute atomic E-state index is 14.1. The number of aliphatic hydroxyl groups excluding tert-OH is 1. The lowest BCUT2D eigenvalue weighted by molar-refractivity contribution is 0.126. The SMILES string of the molecule is N#Cc1ccc(Nc2nc3cccc(NC4CCC(O)CC4)n3n2)c(F)c1. The number of benzene rings is 1. The van der Waals surface area contributed by atoms with Crippen LogP contribution in [0.1, 0.15) is 31.2 Å². The van der Waals surface area contributed by atoms with E-state index in [4.69, 9.17) is 5.26 Å². The van der Waals surface area contributed by atoms with Gasteiger partial charge in [-0.15, -0.1) is 5.10 Å². The first-order valence-electron chi connectivity index (χ1n) is 8.89. The van der Waals surface area contributed by atoms with Gasteiger partial charge in [-0.1, -0.05) is 6.07 Å². The number of fused-ring (bicyclic) bond motifs is 1. The Morgan fingerprint density at radius 3 is 2.74 bits per heavy atom. The summed E-state index contributed by atoms with van der Waals surface area (Å²) >= 11 is 0. The van der Waals surface area contributed by atoms with E-state index in [1.54, 1.807) is 4.52 Å². The molecule has 27 heavy (non-hydrogen) atoms. The number of hydrogen-bond donors (Lipinski definition) is 3. The number of hydrogen-bond acceptors (Lipinski definition) is 6. The molecule has 0 aliphatic heterocycles. The summed E-state index contributed by atoms with van der Waals surface area (Å²) < 4.78 is 15.8. The van der Waals surface area contributed by atoms with Crippen molar-refractivity contribution in [3.63, 3.8) is 0 Å². The Bertz CT molecular complexity index is 1000. The zero-order chi connectivity index (χ0) is 18.8. The minimum Gasteiger partial charge on any atom is -0.393 e. The van der Waals surface area contributed by atoms with E-state index < -0.39 is 5.82 Å². The molecule has 1 aliphatic rings. The van der Waals surface area contributed by atoms with Gasteiger partial charge in [-0.05, 0) is 56.0 Å². The zero-order valence-electron chi connectivity index (χ0n) is 14.6. The summed E-state index contributed by atoms with van der Waals surface area (Å²) in [5.74, 6) is 0.536. The van der Waals surface area contributed by atoms with Crippen LogP contribution >= 0.6 is 0 Å². The van der Waals surface area contributed by atoms with Crippen molar-refractivity contribution in [2.75, 3.05) is 10.6 Å². The average molecular weight is 366 g/mol. The van der Waals surface area contributed by atoms with Crippen LogP contribution in [0.5, 0.6) is 0 Å². The van der Waals surface area contributed by atoms with Crippen molar-refractivity contribution in [1.29, 1.82) is 5.26 Å². The van der Waals surface area contributed by atoms with Crippen molar-refractivity contribution in [2.45, 2.75) is 37.8 Å². The number of nitriles is 1. The number of aromatic nitrogens is 3. The first-order valence-corrected chi connectivity index (χ1v) is 8.89. The second kappa shape index (κ2) is 7.21. The summed E-state index contributed by atoms with van der Waals surface area (Å²) in [7, 11) is 0. The van der Waals surface area contributed by atoms with Crippen LogP contribution in [0.2, 0.25) is 0 Å². The van der Waals surface area contributed by atoms with Crippen LogP contribution in [0.4, 0.5) is 21.8 Å². The molecular weight excluding hydrogens is 347 g/mol. The van der Waals surface area contributed by atoms with E-state index in [2.05, 4.69) is 20.7 Å². The van der Waals surface area contributed by atoms with Gasteiger partial charge in [0.15, 0.2) is 5.65 Å². The number of nitrogens with zero attached hydrogens (tertiary/aromatic N) is 4. The fraction of sp³-hybridized carbons (Fsp3) is 0.316. The number of aliphatic hydroxyl groups is 1. The van der Waals surface area contributed by atoms with Gasteiger partial charge in [0, 0.05) is 6.04 Å². The molecule has 7 nitrogen and oxygen atoms in total. The van der Waals surface area contributed by atoms with Crippen molar-refractivity contribution in [2.24, 2.45) is 0 Å². The fourth-order valence-corrected chi connectivity index (χ4v) is 3.30. The molecule has 1 saturated carbocycles. The van der Waals surface area contributed by atoms with Crippen LogP contribution in [0.15, 0.2) is 36.4 Å². The Morgan fingerprint density at radius 1 is 1.19 bits per heavy atom. The van der Waals surface area contributed by atoms with E-state index in [1.807, 2.05) is 24.3 Å². The van der Waals surface area contributed by atoms with Gasteiger partial charge in [0.05, 0.1) is 23.4 Å². The molecule has 0 amide bonds. The van der Waals surface area contributed by atoms with E-state index in [1.165, 1.54) is 18.2 Å². The predicted molar refractivity (Wildman–Crippen MR) is 99.3 cm³/mol. The van der Waals surface area contributed by atoms with E-state index in [-0.39, 0.29) is 29.3 Å². The Balaban J connectivity index is 1.56. The van der Waals surface area contributed by atoms with Crippen molar-refractivity contribution in [1.82, 2.24) is 14.6 Å². The molecule has 0 atom stereocenters. The predicted octanol–water partition coefficient (Wildman–Crippen LogP) is 3.20. The van der Waals surface area contributed by atoms with Gasteiger partial charge in [0.1, 0.15) is 11.6 Å². The maximum Gasteiger partial charge on any atom is 0.247 e. The molecule has 0 saturated heterocycles. The molecule has 3 aromatic rings. The first kappa shape index (κ1) is 17.2. The normalized spacial score (nSPS) is 19.6. The highest BCUT2D eigenvalue weighted by molar-refractivity contribution is 5.59. The smallest absolute Gasteiger partial charge is 0.247 e. The van der Waals surface area contributed by atoms with Crippen LogP contribution in [-0.2, 0) is 0 Å². The van der Waals surface area contributed by atoms with Crippen LogP contribution in [-0.4, -0.2) is 31.9 Å². The third kappa shape index (κ3) is 3.68. The molecular formula is C19H19FN6O. The van der Waals surface area contributed by atoms with Crippen LogP contribution in [0.25, 0.3) is 5.65 Å². The Kier molecular flexibility index (Phi) is 4.60. The fourth-order valence-electron chi connectivity index (χ4n) is 3.30. The molecule has 0 unspecified atom stereocenters. The third-order valence-corrected chi connectivity index (χ3v) is 4.75. The molecule has 3 N–H and O–H groups in total. The number of rotatable bonds is 4. The van der Waals surface area contributed by atoms with Gasteiger partial charge in [-0.2, -0.15) is 14.8 Å². The van der Waals surface area contributed by atoms with Gasteiger partial charge >= 0.3 is 0 Å². The monoisotopic (exact) mass is 366 g/mol. The molecule has 1 fully saturated rings. The topological polar surface area (TPSA) is 98.3 Å². The van der Waals surface area contributed by atoms with Crippen LogP contribution in [0.3, 0.4) is 0 Å². The quantitative estimate of drug-likeness (QED) is 0.656. The lowest BCUT2D eigenvalue weighted by Crippen LogP contribution is -2.29. The third-order valence-electron chi connectivity index (χ3n) is 4.75. The van der Waals surface area contributed by atoms with Crippen LogP contribution in [0, 0.1) is 17.1 Å². The maximum atomic E-state index is 14.1. The molecule has 138 valence electrons. The van der Waals surface area contributed by atoms with Crippen molar-refractivity contribution < 1.29 is 9.50 Å². The van der Waals surface area contributed by atoms with E-state index >= 15 is 0 Å². The Morgan fingerprint density at radius 2 is 2.00 bits per heavy atom. The molecule has 4 rings (SSSR count). The Labute approximate surface area is 155 Å². The van der Waals surface area contributed by atoms with Crippen LogP contribution < -0.4 is 10.6 Å². The summed E-state index contributed by atoms with van der Waals surface area (Å²) in [6.45, 7) is 0. The number of anilines is 3. The molecule has 0 spiro atoms. The highest BCUT2D eigenvalue weighted by Gasteiger charge is 2.20. The summed E-state index contributed by atoms with van der Waals surface area (Å²) in [5, 5.41) is 29.2. The molecule has 0 radical (unpaired) electrons. The van der Waals surface area contributed by atoms with Crippen molar-refractivity contribution in [3.05, 3.63) is 47.8 Å². The van der Waals surface area contributed by atoms with E-state index in [9.17, 15) is 9.50 Å². The van der Waals surface area contributed by atoms with Gasteiger partial charge in [0.25, 0.3) is 0 Å². The number of halogens is 1. The minimum absolute atomic E-state index is 0.205. The molecule has 1 aromatic carbocycles. The molecule has 8 heteroatoms. The lowest BCUT2D eigenvalue weighted by atomic mass is 9.93. The Hall–Kier alpha value is -3.18.